The summed E-state index contributed by atoms with van der Waals surface area (Å²) in [5, 5.41) is 38.1. The summed E-state index contributed by atoms with van der Waals surface area (Å²) in [6.45, 7) is 1.42. The van der Waals surface area contributed by atoms with E-state index in [1.807, 2.05) is 0 Å². The molecule has 0 spiro atoms. The van der Waals surface area contributed by atoms with Crippen LogP contribution < -0.4 is 0 Å². The van der Waals surface area contributed by atoms with Gasteiger partial charge in [0.05, 0.1) is 21.0 Å². The average Bonchev–Trinajstić information content (AvgIpc) is 2.54. The lowest BCUT2D eigenvalue weighted by Gasteiger charge is -2.00. The molecule has 0 heterocycles. The topological polar surface area (TPSA) is 161 Å². The summed E-state index contributed by atoms with van der Waals surface area (Å²) >= 11 is 2.86. The second kappa shape index (κ2) is 8.67. The van der Waals surface area contributed by atoms with Crippen molar-refractivity contribution in [3.63, 3.8) is 0 Å². The van der Waals surface area contributed by atoms with Crippen molar-refractivity contribution in [3.05, 3.63) is 77.8 Å². The molecule has 2 aromatic rings. The van der Waals surface area contributed by atoms with Gasteiger partial charge in [-0.15, -0.1) is 0 Å². The maximum atomic E-state index is 10.6. The first-order valence-corrected chi connectivity index (χ1v) is 7.50. The predicted molar refractivity (Wildman–Crippen MR) is 92.5 cm³/mol. The van der Waals surface area contributed by atoms with Crippen LogP contribution in [-0.2, 0) is 0 Å². The van der Waals surface area contributed by atoms with Gasteiger partial charge in [0.1, 0.15) is 4.47 Å². The zero-order chi connectivity index (χ0) is 20.0. The minimum atomic E-state index is -1.20. The van der Waals surface area contributed by atoms with Crippen LogP contribution in [0.4, 0.5) is 11.4 Å². The minimum Gasteiger partial charge on any atom is -0.478 e. The first kappa shape index (κ1) is 20.7. The fourth-order valence-corrected chi connectivity index (χ4v) is 2.46. The number of aromatic carboxylic acids is 2. The average molecular weight is 427 g/mol. The van der Waals surface area contributed by atoms with Gasteiger partial charge in [-0.1, -0.05) is 12.1 Å². The van der Waals surface area contributed by atoms with Gasteiger partial charge in [-0.2, -0.15) is 0 Å². The van der Waals surface area contributed by atoms with Crippen LogP contribution in [0.5, 0.6) is 0 Å². The number of carboxylic acid groups (broad SMARTS) is 2. The standard InChI is InChI=1S/C8H7NO4.C7H4BrNO4/c1-5-6(8(10)11)3-2-4-7(5)9(12)13;8-6-4(7(10)11)2-1-3-5(6)9(12)13/h2-4H,1H3,(H,10,11);1-3H,(H,10,11). The lowest BCUT2D eigenvalue weighted by atomic mass is 10.1. The summed E-state index contributed by atoms with van der Waals surface area (Å²) in [6.07, 6.45) is 0. The fraction of sp³-hybridized carbons (Fsp3) is 0.0667. The van der Waals surface area contributed by atoms with Crippen LogP contribution in [0.15, 0.2) is 40.9 Å². The molecule has 2 rings (SSSR count). The van der Waals surface area contributed by atoms with E-state index in [-0.39, 0.29) is 32.5 Å². The Morgan fingerprint density at radius 1 is 0.885 bits per heavy atom. The molecule has 2 aromatic carbocycles. The van der Waals surface area contributed by atoms with Crippen molar-refractivity contribution in [2.45, 2.75) is 6.92 Å². The number of carbonyl (C=O) groups is 2. The molecule has 0 bridgehead atoms. The smallest absolute Gasteiger partial charge is 0.337 e. The largest absolute Gasteiger partial charge is 0.478 e. The molecule has 0 aliphatic heterocycles. The molecular formula is C15H11BrN2O8. The second-order valence-electron chi connectivity index (χ2n) is 4.71. The van der Waals surface area contributed by atoms with Gasteiger partial charge >= 0.3 is 11.9 Å². The fourth-order valence-electron chi connectivity index (χ4n) is 1.88. The van der Waals surface area contributed by atoms with Crippen LogP contribution in [-0.4, -0.2) is 32.0 Å². The van der Waals surface area contributed by atoms with Gasteiger partial charge in [0.25, 0.3) is 11.4 Å². The highest BCUT2D eigenvalue weighted by Gasteiger charge is 2.18. The molecule has 0 amide bonds. The van der Waals surface area contributed by atoms with E-state index >= 15 is 0 Å². The summed E-state index contributed by atoms with van der Waals surface area (Å²) in [6, 6.07) is 7.82. The van der Waals surface area contributed by atoms with E-state index in [0.29, 0.717) is 0 Å². The van der Waals surface area contributed by atoms with E-state index in [0.717, 1.165) is 0 Å². The summed E-state index contributed by atoms with van der Waals surface area (Å²) < 4.78 is -0.00694. The summed E-state index contributed by atoms with van der Waals surface area (Å²) in [5.41, 5.74) is -0.386. The van der Waals surface area contributed by atoms with Crippen LogP contribution >= 0.6 is 15.9 Å². The van der Waals surface area contributed by atoms with E-state index in [4.69, 9.17) is 10.2 Å². The Kier molecular flexibility index (Phi) is 6.90. The zero-order valence-corrected chi connectivity index (χ0v) is 14.7. The SMILES string of the molecule is Cc1c(C(=O)O)cccc1[N+](=O)[O-].O=C(O)c1cccc([N+](=O)[O-])c1Br. The van der Waals surface area contributed by atoms with Gasteiger partial charge in [0, 0.05) is 17.7 Å². The molecule has 0 aliphatic carbocycles. The molecule has 0 saturated heterocycles. The highest BCUT2D eigenvalue weighted by Crippen LogP contribution is 2.28. The van der Waals surface area contributed by atoms with Crippen LogP contribution in [0.3, 0.4) is 0 Å². The third-order valence-corrected chi connectivity index (χ3v) is 3.97. The zero-order valence-electron chi connectivity index (χ0n) is 13.1. The lowest BCUT2D eigenvalue weighted by Crippen LogP contribution is -2.02. The Hall–Kier alpha value is -3.34. The van der Waals surface area contributed by atoms with Gasteiger partial charge in [0.15, 0.2) is 0 Å². The van der Waals surface area contributed by atoms with Crippen LogP contribution in [0.2, 0.25) is 0 Å². The molecule has 0 aromatic heterocycles. The molecule has 0 saturated carbocycles. The van der Waals surface area contributed by atoms with Crippen molar-refractivity contribution in [2.75, 3.05) is 0 Å². The van der Waals surface area contributed by atoms with E-state index in [9.17, 15) is 29.8 Å². The van der Waals surface area contributed by atoms with Crippen molar-refractivity contribution in [3.8, 4) is 0 Å². The number of carboxylic acids is 2. The quantitative estimate of drug-likeness (QED) is 0.552. The second-order valence-corrected chi connectivity index (χ2v) is 5.51. The van der Waals surface area contributed by atoms with Gasteiger partial charge in [-0.25, -0.2) is 9.59 Å². The maximum absolute atomic E-state index is 10.6. The molecule has 10 nitrogen and oxygen atoms in total. The number of rotatable bonds is 4. The highest BCUT2D eigenvalue weighted by molar-refractivity contribution is 9.10. The summed E-state index contributed by atoms with van der Waals surface area (Å²) in [7, 11) is 0. The van der Waals surface area contributed by atoms with Gasteiger partial charge < -0.3 is 10.2 Å². The monoisotopic (exact) mass is 426 g/mol. The van der Waals surface area contributed by atoms with Crippen LogP contribution in [0.25, 0.3) is 0 Å². The molecule has 136 valence electrons. The molecule has 0 fully saturated rings. The summed E-state index contributed by atoms with van der Waals surface area (Å²) in [5.74, 6) is -2.35. The third kappa shape index (κ3) is 4.83. The number of nitro benzene ring substituents is 2. The first-order chi connectivity index (χ1) is 12.1. The van der Waals surface area contributed by atoms with Gasteiger partial charge in [-0.3, -0.25) is 20.2 Å². The van der Waals surface area contributed by atoms with Crippen molar-refractivity contribution in [1.29, 1.82) is 0 Å². The Morgan fingerprint density at radius 3 is 1.73 bits per heavy atom. The Labute approximate surface area is 154 Å². The van der Waals surface area contributed by atoms with E-state index in [1.165, 1.54) is 43.3 Å². The third-order valence-electron chi connectivity index (χ3n) is 3.14. The van der Waals surface area contributed by atoms with Crippen molar-refractivity contribution >= 4 is 39.2 Å². The Morgan fingerprint density at radius 2 is 1.31 bits per heavy atom. The van der Waals surface area contributed by atoms with E-state index in [1.54, 1.807) is 0 Å². The maximum Gasteiger partial charge on any atom is 0.337 e. The molecular weight excluding hydrogens is 416 g/mol. The predicted octanol–water partition coefficient (Wildman–Crippen LogP) is 3.66. The first-order valence-electron chi connectivity index (χ1n) is 6.71. The number of halogens is 1. The molecule has 0 radical (unpaired) electrons. The molecule has 26 heavy (non-hydrogen) atoms. The summed E-state index contributed by atoms with van der Waals surface area (Å²) in [4.78, 5) is 40.7. The van der Waals surface area contributed by atoms with Crippen molar-refractivity contribution < 1.29 is 29.6 Å². The number of hydrogen-bond acceptors (Lipinski definition) is 6. The van der Waals surface area contributed by atoms with Gasteiger partial charge in [-0.05, 0) is 35.0 Å². The molecule has 11 heteroatoms. The van der Waals surface area contributed by atoms with Crippen LogP contribution in [0.1, 0.15) is 26.3 Å². The Balaban J connectivity index is 0.000000260. The van der Waals surface area contributed by atoms with E-state index < -0.39 is 21.8 Å². The molecule has 0 aliphatic rings. The number of nitrogens with zero attached hydrogens (tertiary/aromatic N) is 2. The van der Waals surface area contributed by atoms with Crippen molar-refractivity contribution in [2.24, 2.45) is 0 Å². The Bertz CT molecular complexity index is 759. The molecule has 0 unspecified atom stereocenters. The van der Waals surface area contributed by atoms with Gasteiger partial charge in [0.2, 0.25) is 0 Å². The van der Waals surface area contributed by atoms with Crippen molar-refractivity contribution in [1.82, 2.24) is 0 Å². The molecule has 2 N–H and O–H groups in total. The molecule has 0 atom stereocenters. The minimum absolute atomic E-state index is 0.00694. The number of benzene rings is 2. The van der Waals surface area contributed by atoms with Crippen LogP contribution in [0, 0.1) is 27.2 Å². The normalized spacial score (nSPS) is 9.62. The van der Waals surface area contributed by atoms with E-state index in [2.05, 4.69) is 15.9 Å². The number of nitro groups is 2. The lowest BCUT2D eigenvalue weighted by molar-refractivity contribution is -0.385. The highest BCUT2D eigenvalue weighted by atomic mass is 79.9. The number of hydrogen-bond donors (Lipinski definition) is 2.